The molecule has 1 aromatic carbocycles. The van der Waals surface area contributed by atoms with Crippen LogP contribution in [-0.4, -0.2) is 24.0 Å². The van der Waals surface area contributed by atoms with Gasteiger partial charge >= 0.3 is 6.03 Å². The fourth-order valence-corrected chi connectivity index (χ4v) is 2.11. The van der Waals surface area contributed by atoms with Crippen molar-refractivity contribution >= 4 is 17.6 Å². The lowest BCUT2D eigenvalue weighted by Gasteiger charge is -2.17. The summed E-state index contributed by atoms with van der Waals surface area (Å²) >= 11 is 0. The van der Waals surface area contributed by atoms with Crippen LogP contribution in [0.2, 0.25) is 0 Å². The van der Waals surface area contributed by atoms with Crippen LogP contribution in [0.25, 0.3) is 0 Å². The van der Waals surface area contributed by atoms with Gasteiger partial charge in [-0.05, 0) is 38.3 Å². The summed E-state index contributed by atoms with van der Waals surface area (Å²) in [5, 5.41) is 8.28. The third kappa shape index (κ3) is 3.47. The van der Waals surface area contributed by atoms with Crippen LogP contribution >= 0.6 is 0 Å². The van der Waals surface area contributed by atoms with E-state index >= 15 is 0 Å². The molecule has 0 bridgehead atoms. The zero-order valence-corrected chi connectivity index (χ0v) is 11.2. The maximum absolute atomic E-state index is 12.0. The minimum Gasteiger partial charge on any atom is -0.336 e. The Hall–Kier alpha value is -2.04. The van der Waals surface area contributed by atoms with Crippen molar-refractivity contribution in [1.82, 2.24) is 10.6 Å². The van der Waals surface area contributed by atoms with Crippen molar-refractivity contribution < 1.29 is 9.59 Å². The largest absolute Gasteiger partial charge is 0.336 e. The van der Waals surface area contributed by atoms with Gasteiger partial charge in [-0.25, -0.2) is 4.79 Å². The zero-order chi connectivity index (χ0) is 13.8. The van der Waals surface area contributed by atoms with E-state index in [0.29, 0.717) is 6.42 Å². The van der Waals surface area contributed by atoms with E-state index in [1.54, 1.807) is 0 Å². The van der Waals surface area contributed by atoms with Crippen molar-refractivity contribution in [2.75, 3.05) is 5.32 Å². The first-order chi connectivity index (χ1) is 9.06. The summed E-state index contributed by atoms with van der Waals surface area (Å²) in [5.74, 6) is -0.163. The van der Waals surface area contributed by atoms with Crippen LogP contribution in [0.5, 0.6) is 0 Å². The fraction of sp³-hybridized carbons (Fsp3) is 0.429. The highest BCUT2D eigenvalue weighted by Crippen LogP contribution is 2.21. The standard InChI is InChI=1S/C14H19N3O2/c1-9(2)15-14(19)17-12-8-7-10-5-3-4-6-11(10)16-13(12)18/h3-6,9,12H,7-8H2,1-2H3,(H,16,18)(H2,15,17,19). The smallest absolute Gasteiger partial charge is 0.315 e. The molecule has 1 heterocycles. The number of hydrogen-bond acceptors (Lipinski definition) is 2. The SMILES string of the molecule is CC(C)NC(=O)NC1CCc2ccccc2NC1=O. The van der Waals surface area contributed by atoms with Crippen LogP contribution in [0.1, 0.15) is 25.8 Å². The lowest BCUT2D eigenvalue weighted by atomic mass is 10.1. The first-order valence-electron chi connectivity index (χ1n) is 6.52. The normalized spacial score (nSPS) is 18.3. The highest BCUT2D eigenvalue weighted by molar-refractivity contribution is 5.98. The Morgan fingerprint density at radius 2 is 2.11 bits per heavy atom. The molecule has 1 aliphatic rings. The fourth-order valence-electron chi connectivity index (χ4n) is 2.11. The van der Waals surface area contributed by atoms with Gasteiger partial charge in [0.2, 0.25) is 5.91 Å². The van der Waals surface area contributed by atoms with Crippen molar-refractivity contribution in [3.63, 3.8) is 0 Å². The van der Waals surface area contributed by atoms with Crippen LogP contribution in [0, 0.1) is 0 Å². The molecule has 19 heavy (non-hydrogen) atoms. The second-order valence-electron chi connectivity index (χ2n) is 5.01. The lowest BCUT2D eigenvalue weighted by Crippen LogP contribution is -2.49. The molecule has 2 rings (SSSR count). The molecule has 0 fully saturated rings. The molecule has 0 spiro atoms. The molecule has 0 radical (unpaired) electrons. The summed E-state index contributed by atoms with van der Waals surface area (Å²) in [4.78, 5) is 23.7. The van der Waals surface area contributed by atoms with Gasteiger partial charge in [-0.15, -0.1) is 0 Å². The molecule has 3 amide bonds. The van der Waals surface area contributed by atoms with Crippen molar-refractivity contribution in [1.29, 1.82) is 0 Å². The molecule has 0 aromatic heterocycles. The first-order valence-corrected chi connectivity index (χ1v) is 6.52. The summed E-state index contributed by atoms with van der Waals surface area (Å²) in [5.41, 5.74) is 1.94. The average molecular weight is 261 g/mol. The van der Waals surface area contributed by atoms with E-state index < -0.39 is 6.04 Å². The molecule has 5 nitrogen and oxygen atoms in total. The van der Waals surface area contributed by atoms with Gasteiger partial charge in [0, 0.05) is 11.7 Å². The molecule has 0 saturated heterocycles. The minimum atomic E-state index is -0.494. The molecule has 1 aliphatic heterocycles. The Bertz CT molecular complexity index is 485. The number of carbonyl (C=O) groups excluding carboxylic acids is 2. The summed E-state index contributed by atoms with van der Waals surface area (Å²) in [6.45, 7) is 3.76. The quantitative estimate of drug-likeness (QED) is 0.757. The van der Waals surface area contributed by atoms with E-state index in [4.69, 9.17) is 0 Å². The molecular weight excluding hydrogens is 242 g/mol. The number of urea groups is 1. The first kappa shape index (κ1) is 13.4. The van der Waals surface area contributed by atoms with Gasteiger partial charge in [-0.3, -0.25) is 4.79 Å². The van der Waals surface area contributed by atoms with Gasteiger partial charge in [0.15, 0.2) is 0 Å². The number of aryl methyl sites for hydroxylation is 1. The van der Waals surface area contributed by atoms with Gasteiger partial charge in [0.1, 0.15) is 6.04 Å². The number of benzene rings is 1. The van der Waals surface area contributed by atoms with E-state index in [0.717, 1.165) is 17.7 Å². The number of nitrogens with one attached hydrogen (secondary N) is 3. The van der Waals surface area contributed by atoms with E-state index in [1.165, 1.54) is 0 Å². The molecule has 1 unspecified atom stereocenters. The maximum atomic E-state index is 12.0. The van der Waals surface area contributed by atoms with E-state index in [2.05, 4.69) is 16.0 Å². The van der Waals surface area contributed by atoms with Gasteiger partial charge in [0.25, 0.3) is 0 Å². The second-order valence-corrected chi connectivity index (χ2v) is 5.01. The van der Waals surface area contributed by atoms with Gasteiger partial charge in [-0.2, -0.15) is 0 Å². The van der Waals surface area contributed by atoms with Crippen molar-refractivity contribution in [3.8, 4) is 0 Å². The van der Waals surface area contributed by atoms with Crippen molar-refractivity contribution in [3.05, 3.63) is 29.8 Å². The Balaban J connectivity index is 2.02. The van der Waals surface area contributed by atoms with Crippen LogP contribution in [0.15, 0.2) is 24.3 Å². The number of amides is 3. The highest BCUT2D eigenvalue weighted by atomic mass is 16.2. The van der Waals surface area contributed by atoms with E-state index in [9.17, 15) is 9.59 Å². The molecule has 1 aromatic rings. The third-order valence-corrected chi connectivity index (χ3v) is 3.02. The van der Waals surface area contributed by atoms with E-state index in [1.807, 2.05) is 38.1 Å². The Morgan fingerprint density at radius 3 is 2.84 bits per heavy atom. The monoisotopic (exact) mass is 261 g/mol. The summed E-state index contributed by atoms with van der Waals surface area (Å²) in [6, 6.07) is 6.96. The molecular formula is C14H19N3O2. The predicted molar refractivity (Wildman–Crippen MR) is 74.0 cm³/mol. The highest BCUT2D eigenvalue weighted by Gasteiger charge is 2.24. The predicted octanol–water partition coefficient (Wildman–Crippen LogP) is 1.65. The van der Waals surface area contributed by atoms with Crippen molar-refractivity contribution in [2.24, 2.45) is 0 Å². The number of carbonyl (C=O) groups is 2. The summed E-state index contributed by atoms with van der Waals surface area (Å²) < 4.78 is 0. The van der Waals surface area contributed by atoms with E-state index in [-0.39, 0.29) is 18.0 Å². The Morgan fingerprint density at radius 1 is 1.37 bits per heavy atom. The maximum Gasteiger partial charge on any atom is 0.315 e. The summed E-state index contributed by atoms with van der Waals surface area (Å²) in [6.07, 6.45) is 1.37. The molecule has 5 heteroatoms. The van der Waals surface area contributed by atoms with Gasteiger partial charge in [-0.1, -0.05) is 18.2 Å². The number of rotatable bonds is 2. The molecule has 0 saturated carbocycles. The molecule has 102 valence electrons. The zero-order valence-electron chi connectivity index (χ0n) is 11.2. The lowest BCUT2D eigenvalue weighted by molar-refractivity contribution is -0.117. The average Bonchev–Trinajstić information content (AvgIpc) is 2.48. The van der Waals surface area contributed by atoms with Gasteiger partial charge in [0.05, 0.1) is 0 Å². The number of anilines is 1. The number of para-hydroxylation sites is 1. The van der Waals surface area contributed by atoms with Crippen LogP contribution < -0.4 is 16.0 Å². The number of fused-ring (bicyclic) bond motifs is 1. The molecule has 1 atom stereocenters. The van der Waals surface area contributed by atoms with Crippen LogP contribution in [0.3, 0.4) is 0 Å². The molecule has 3 N–H and O–H groups in total. The van der Waals surface area contributed by atoms with Crippen molar-refractivity contribution in [2.45, 2.75) is 38.8 Å². The van der Waals surface area contributed by atoms with Gasteiger partial charge < -0.3 is 16.0 Å². The second kappa shape index (κ2) is 5.73. The Labute approximate surface area is 112 Å². The van der Waals surface area contributed by atoms with Crippen LogP contribution in [-0.2, 0) is 11.2 Å². The third-order valence-electron chi connectivity index (χ3n) is 3.02. The minimum absolute atomic E-state index is 0.0473. The number of hydrogen-bond donors (Lipinski definition) is 3. The topological polar surface area (TPSA) is 70.2 Å². The Kier molecular flexibility index (Phi) is 4.04. The van der Waals surface area contributed by atoms with Crippen LogP contribution in [0.4, 0.5) is 10.5 Å². The molecule has 0 aliphatic carbocycles. The summed E-state index contributed by atoms with van der Waals surface area (Å²) in [7, 11) is 0.